The zero-order valence-electron chi connectivity index (χ0n) is 16.0. The van der Waals surface area contributed by atoms with Crippen molar-refractivity contribution in [3.8, 4) is 0 Å². The SMILES string of the molecule is CCC1CCC2(CC1)NC(=O)N(CC(=O)NCCCc1ccccc1)C2=O. The smallest absolute Gasteiger partial charge is 0.325 e. The van der Waals surface area contributed by atoms with Crippen LogP contribution >= 0.6 is 0 Å². The number of hydrogen-bond acceptors (Lipinski definition) is 3. The number of nitrogens with one attached hydrogen (secondary N) is 2. The van der Waals surface area contributed by atoms with E-state index in [-0.39, 0.29) is 18.4 Å². The predicted octanol–water partition coefficient (Wildman–Crippen LogP) is 2.63. The summed E-state index contributed by atoms with van der Waals surface area (Å²) in [5.74, 6) is 0.106. The number of imide groups is 1. The van der Waals surface area contributed by atoms with Crippen molar-refractivity contribution in [2.75, 3.05) is 13.1 Å². The highest BCUT2D eigenvalue weighted by Gasteiger charge is 2.52. The molecule has 4 amide bonds. The summed E-state index contributed by atoms with van der Waals surface area (Å²) in [5.41, 5.74) is 0.446. The standard InChI is InChI=1S/C21H29N3O3/c1-2-16-10-12-21(13-11-16)19(26)24(20(27)23-21)15-18(25)22-14-6-9-17-7-4-3-5-8-17/h3-5,7-8,16H,2,6,9-15H2,1H3,(H,22,25)(H,23,27). The highest BCUT2D eigenvalue weighted by atomic mass is 16.2. The van der Waals surface area contributed by atoms with Crippen LogP contribution in [-0.4, -0.2) is 41.4 Å². The Morgan fingerprint density at radius 1 is 1.22 bits per heavy atom. The van der Waals surface area contributed by atoms with E-state index in [9.17, 15) is 14.4 Å². The van der Waals surface area contributed by atoms with Crippen LogP contribution in [0, 0.1) is 5.92 Å². The molecule has 146 valence electrons. The van der Waals surface area contributed by atoms with Gasteiger partial charge in [-0.2, -0.15) is 0 Å². The van der Waals surface area contributed by atoms with Crippen LogP contribution < -0.4 is 10.6 Å². The van der Waals surface area contributed by atoms with E-state index in [4.69, 9.17) is 0 Å². The summed E-state index contributed by atoms with van der Waals surface area (Å²) in [7, 11) is 0. The van der Waals surface area contributed by atoms with Crippen LogP contribution in [0.2, 0.25) is 0 Å². The summed E-state index contributed by atoms with van der Waals surface area (Å²) in [6.07, 6.45) is 6.04. The topological polar surface area (TPSA) is 78.5 Å². The van der Waals surface area contributed by atoms with Crippen LogP contribution in [0.5, 0.6) is 0 Å². The second-order valence-electron chi connectivity index (χ2n) is 7.69. The highest BCUT2D eigenvalue weighted by Crippen LogP contribution is 2.37. The van der Waals surface area contributed by atoms with Gasteiger partial charge in [-0.05, 0) is 50.0 Å². The molecule has 1 aliphatic heterocycles. The van der Waals surface area contributed by atoms with E-state index < -0.39 is 11.6 Å². The maximum absolute atomic E-state index is 12.8. The second-order valence-corrected chi connectivity index (χ2v) is 7.69. The quantitative estimate of drug-likeness (QED) is 0.571. The maximum atomic E-state index is 12.8. The number of aryl methyl sites for hydroxylation is 1. The number of amides is 4. The Bertz CT molecular complexity index is 681. The molecule has 0 aromatic heterocycles. The Kier molecular flexibility index (Phi) is 6.14. The molecule has 1 spiro atoms. The van der Waals surface area contributed by atoms with Gasteiger partial charge in [0, 0.05) is 6.54 Å². The summed E-state index contributed by atoms with van der Waals surface area (Å²) in [4.78, 5) is 38.3. The second kappa shape index (κ2) is 8.55. The van der Waals surface area contributed by atoms with Gasteiger partial charge in [-0.3, -0.25) is 14.5 Å². The third kappa shape index (κ3) is 4.49. The molecule has 1 aliphatic carbocycles. The van der Waals surface area contributed by atoms with Crippen molar-refractivity contribution in [1.82, 2.24) is 15.5 Å². The van der Waals surface area contributed by atoms with Crippen molar-refractivity contribution in [1.29, 1.82) is 0 Å². The van der Waals surface area contributed by atoms with Gasteiger partial charge < -0.3 is 10.6 Å². The highest BCUT2D eigenvalue weighted by molar-refractivity contribution is 6.09. The van der Waals surface area contributed by atoms with Gasteiger partial charge in [0.2, 0.25) is 5.91 Å². The largest absolute Gasteiger partial charge is 0.355 e. The molecule has 1 saturated heterocycles. The number of urea groups is 1. The third-order valence-corrected chi connectivity index (χ3v) is 5.89. The summed E-state index contributed by atoms with van der Waals surface area (Å²) in [6.45, 7) is 2.49. The average Bonchev–Trinajstić information content (AvgIpc) is 2.91. The van der Waals surface area contributed by atoms with Gasteiger partial charge in [0.1, 0.15) is 12.1 Å². The molecule has 3 rings (SSSR count). The van der Waals surface area contributed by atoms with Crippen molar-refractivity contribution in [2.45, 2.75) is 57.4 Å². The maximum Gasteiger partial charge on any atom is 0.325 e. The molecule has 0 unspecified atom stereocenters. The minimum absolute atomic E-state index is 0.199. The van der Waals surface area contributed by atoms with Crippen LogP contribution in [0.4, 0.5) is 4.79 Å². The molecular weight excluding hydrogens is 342 g/mol. The summed E-state index contributed by atoms with van der Waals surface area (Å²) >= 11 is 0. The number of nitrogens with zero attached hydrogens (tertiary/aromatic N) is 1. The zero-order chi connectivity index (χ0) is 19.3. The zero-order valence-corrected chi connectivity index (χ0v) is 16.0. The Balaban J connectivity index is 1.45. The molecule has 2 N–H and O–H groups in total. The molecule has 6 nitrogen and oxygen atoms in total. The first kappa shape index (κ1) is 19.4. The molecule has 0 bridgehead atoms. The van der Waals surface area contributed by atoms with Crippen LogP contribution in [-0.2, 0) is 16.0 Å². The molecule has 0 radical (unpaired) electrons. The molecule has 1 saturated carbocycles. The Hall–Kier alpha value is -2.37. The van der Waals surface area contributed by atoms with E-state index in [0.29, 0.717) is 25.3 Å². The lowest BCUT2D eigenvalue weighted by atomic mass is 9.75. The Labute approximate surface area is 160 Å². The molecular formula is C21H29N3O3. The lowest BCUT2D eigenvalue weighted by molar-refractivity contribution is -0.136. The van der Waals surface area contributed by atoms with E-state index in [1.807, 2.05) is 18.2 Å². The van der Waals surface area contributed by atoms with Gasteiger partial charge in [0.25, 0.3) is 5.91 Å². The lowest BCUT2D eigenvalue weighted by Crippen LogP contribution is -2.50. The fraction of sp³-hybridized carbons (Fsp3) is 0.571. The molecule has 6 heteroatoms. The summed E-state index contributed by atoms with van der Waals surface area (Å²) < 4.78 is 0. The number of carbonyl (C=O) groups is 3. The molecule has 0 atom stereocenters. The fourth-order valence-corrected chi connectivity index (χ4v) is 4.10. The monoisotopic (exact) mass is 371 g/mol. The van der Waals surface area contributed by atoms with E-state index in [1.165, 1.54) is 5.56 Å². The van der Waals surface area contributed by atoms with E-state index >= 15 is 0 Å². The molecule has 2 aliphatic rings. The van der Waals surface area contributed by atoms with Crippen molar-refractivity contribution in [3.63, 3.8) is 0 Å². The average molecular weight is 371 g/mol. The van der Waals surface area contributed by atoms with Crippen LogP contribution in [0.3, 0.4) is 0 Å². The fourth-order valence-electron chi connectivity index (χ4n) is 4.10. The van der Waals surface area contributed by atoms with Gasteiger partial charge in [-0.15, -0.1) is 0 Å². The number of carbonyl (C=O) groups excluding carboxylic acids is 3. The van der Waals surface area contributed by atoms with E-state index in [0.717, 1.165) is 37.0 Å². The normalized spacial score (nSPS) is 24.9. The predicted molar refractivity (Wildman–Crippen MR) is 103 cm³/mol. The van der Waals surface area contributed by atoms with Crippen molar-refractivity contribution >= 4 is 17.8 Å². The van der Waals surface area contributed by atoms with Gasteiger partial charge in [0.15, 0.2) is 0 Å². The van der Waals surface area contributed by atoms with Gasteiger partial charge in [0.05, 0.1) is 0 Å². The number of hydrogen-bond donors (Lipinski definition) is 2. The summed E-state index contributed by atoms with van der Waals surface area (Å²) in [6, 6.07) is 9.65. The summed E-state index contributed by atoms with van der Waals surface area (Å²) in [5, 5.41) is 5.68. The number of rotatable bonds is 7. The minimum atomic E-state index is -0.781. The molecule has 1 aromatic carbocycles. The first-order valence-electron chi connectivity index (χ1n) is 9.99. The first-order chi connectivity index (χ1) is 13.0. The Morgan fingerprint density at radius 2 is 1.93 bits per heavy atom. The van der Waals surface area contributed by atoms with Gasteiger partial charge in [-0.1, -0.05) is 43.7 Å². The van der Waals surface area contributed by atoms with Crippen molar-refractivity contribution in [3.05, 3.63) is 35.9 Å². The molecule has 27 heavy (non-hydrogen) atoms. The minimum Gasteiger partial charge on any atom is -0.355 e. The van der Waals surface area contributed by atoms with Gasteiger partial charge >= 0.3 is 6.03 Å². The van der Waals surface area contributed by atoms with Crippen molar-refractivity contribution in [2.24, 2.45) is 5.92 Å². The molecule has 2 fully saturated rings. The van der Waals surface area contributed by atoms with E-state index in [1.54, 1.807) is 0 Å². The van der Waals surface area contributed by atoms with Gasteiger partial charge in [-0.25, -0.2) is 4.79 Å². The molecule has 1 heterocycles. The third-order valence-electron chi connectivity index (χ3n) is 5.89. The van der Waals surface area contributed by atoms with Crippen LogP contribution in [0.15, 0.2) is 30.3 Å². The first-order valence-corrected chi connectivity index (χ1v) is 9.99. The van der Waals surface area contributed by atoms with Crippen LogP contribution in [0.1, 0.15) is 51.0 Å². The van der Waals surface area contributed by atoms with Crippen LogP contribution in [0.25, 0.3) is 0 Å². The molecule has 1 aromatic rings. The Morgan fingerprint density at radius 3 is 2.59 bits per heavy atom. The van der Waals surface area contributed by atoms with Crippen molar-refractivity contribution < 1.29 is 14.4 Å². The number of benzene rings is 1. The lowest BCUT2D eigenvalue weighted by Gasteiger charge is -2.34. The van der Waals surface area contributed by atoms with E-state index in [2.05, 4.69) is 29.7 Å².